The van der Waals surface area contributed by atoms with E-state index in [1.54, 1.807) is 17.5 Å². The third kappa shape index (κ3) is 2.93. The molecule has 2 rings (SSSR count). The van der Waals surface area contributed by atoms with Gasteiger partial charge in [-0.1, -0.05) is 0 Å². The third-order valence-electron chi connectivity index (χ3n) is 2.70. The lowest BCUT2D eigenvalue weighted by atomic mass is 10.2. The highest BCUT2D eigenvalue weighted by Crippen LogP contribution is 2.31. The van der Waals surface area contributed by atoms with Crippen molar-refractivity contribution in [3.05, 3.63) is 35.1 Å². The van der Waals surface area contributed by atoms with Crippen LogP contribution in [0.25, 0.3) is 10.6 Å². The first kappa shape index (κ1) is 13.1. The highest BCUT2D eigenvalue weighted by Gasteiger charge is 2.14. The molecule has 4 nitrogen and oxygen atoms in total. The molecule has 18 heavy (non-hydrogen) atoms. The first-order chi connectivity index (χ1) is 8.72. The monoisotopic (exact) mass is 263 g/mol. The van der Waals surface area contributed by atoms with Crippen LogP contribution in [0.2, 0.25) is 0 Å². The first-order valence-corrected chi connectivity index (χ1v) is 6.76. The summed E-state index contributed by atoms with van der Waals surface area (Å²) in [6, 6.07) is 4.14. The van der Waals surface area contributed by atoms with Crippen LogP contribution in [-0.4, -0.2) is 28.2 Å². The molecule has 2 aromatic rings. The average molecular weight is 263 g/mol. The van der Waals surface area contributed by atoms with Crippen LogP contribution in [0.1, 0.15) is 23.5 Å². The van der Waals surface area contributed by atoms with Gasteiger partial charge in [0.15, 0.2) is 0 Å². The smallest absolute Gasteiger partial charge is 0.125 e. The molecule has 0 unspecified atom stereocenters. The molecule has 5 heteroatoms. The van der Waals surface area contributed by atoms with Crippen molar-refractivity contribution >= 4 is 11.3 Å². The van der Waals surface area contributed by atoms with Crippen molar-refractivity contribution < 1.29 is 5.11 Å². The van der Waals surface area contributed by atoms with Gasteiger partial charge in [0, 0.05) is 35.4 Å². The van der Waals surface area contributed by atoms with Crippen molar-refractivity contribution in [1.29, 1.82) is 0 Å². The quantitative estimate of drug-likeness (QED) is 0.868. The second-order valence-corrected chi connectivity index (χ2v) is 5.14. The molecule has 0 fully saturated rings. The van der Waals surface area contributed by atoms with Crippen LogP contribution in [0, 0.1) is 6.92 Å². The van der Waals surface area contributed by atoms with Gasteiger partial charge in [-0.05, 0) is 26.0 Å². The molecular formula is C13H17N3OS. The summed E-state index contributed by atoms with van der Waals surface area (Å²) in [4.78, 5) is 9.91. The van der Waals surface area contributed by atoms with E-state index in [-0.39, 0.29) is 12.6 Å². The number of aromatic nitrogens is 2. The van der Waals surface area contributed by atoms with E-state index in [1.165, 1.54) is 4.88 Å². The van der Waals surface area contributed by atoms with E-state index < -0.39 is 0 Å². The van der Waals surface area contributed by atoms with Gasteiger partial charge in [-0.15, -0.1) is 11.3 Å². The number of aryl methyl sites for hydroxylation is 1. The van der Waals surface area contributed by atoms with Gasteiger partial charge in [-0.3, -0.25) is 4.98 Å². The Labute approximate surface area is 111 Å². The molecule has 1 atom stereocenters. The van der Waals surface area contributed by atoms with E-state index in [4.69, 9.17) is 5.11 Å². The lowest BCUT2D eigenvalue weighted by molar-refractivity contribution is 0.286. The molecule has 0 bridgehead atoms. The molecule has 0 aliphatic rings. The third-order valence-corrected chi connectivity index (χ3v) is 4.09. The van der Waals surface area contributed by atoms with Crippen molar-refractivity contribution in [2.24, 2.45) is 0 Å². The topological polar surface area (TPSA) is 58.0 Å². The first-order valence-electron chi connectivity index (χ1n) is 5.94. The Morgan fingerprint density at radius 2 is 2.33 bits per heavy atom. The maximum absolute atomic E-state index is 8.83. The highest BCUT2D eigenvalue weighted by molar-refractivity contribution is 7.15. The predicted octanol–water partition coefficient (Wildman–Crippen LogP) is 2.16. The summed E-state index contributed by atoms with van der Waals surface area (Å²) < 4.78 is 0. The number of hydrogen-bond donors (Lipinski definition) is 2. The summed E-state index contributed by atoms with van der Waals surface area (Å²) in [6.45, 7) is 4.85. The lowest BCUT2D eigenvalue weighted by Gasteiger charge is -2.10. The molecule has 0 aliphatic carbocycles. The summed E-state index contributed by atoms with van der Waals surface area (Å²) in [5.74, 6) is 0. The molecule has 2 aromatic heterocycles. The summed E-state index contributed by atoms with van der Waals surface area (Å²) in [6.07, 6.45) is 3.59. The molecule has 2 N–H and O–H groups in total. The number of nitrogens with one attached hydrogen (secondary N) is 1. The minimum Gasteiger partial charge on any atom is -0.395 e. The summed E-state index contributed by atoms with van der Waals surface area (Å²) >= 11 is 1.68. The Hall–Kier alpha value is -1.30. The molecule has 96 valence electrons. The highest BCUT2D eigenvalue weighted by atomic mass is 32.1. The summed E-state index contributed by atoms with van der Waals surface area (Å²) in [7, 11) is 0. The van der Waals surface area contributed by atoms with E-state index in [1.807, 2.05) is 25.3 Å². The Kier molecular flexibility index (Phi) is 4.41. The Morgan fingerprint density at radius 3 is 3.00 bits per heavy atom. The number of hydrogen-bond acceptors (Lipinski definition) is 5. The van der Waals surface area contributed by atoms with Gasteiger partial charge in [0.1, 0.15) is 5.01 Å². The van der Waals surface area contributed by atoms with E-state index in [2.05, 4.69) is 22.2 Å². The Balaban J connectivity index is 2.22. The zero-order valence-electron chi connectivity index (χ0n) is 10.6. The van der Waals surface area contributed by atoms with Crippen LogP contribution in [0.15, 0.2) is 24.5 Å². The summed E-state index contributed by atoms with van der Waals surface area (Å²) in [5.41, 5.74) is 2.09. The number of aliphatic hydroxyl groups excluding tert-OH is 1. The van der Waals surface area contributed by atoms with Crippen molar-refractivity contribution in [2.45, 2.75) is 19.9 Å². The van der Waals surface area contributed by atoms with Gasteiger partial charge < -0.3 is 10.4 Å². The zero-order valence-corrected chi connectivity index (χ0v) is 11.4. The Morgan fingerprint density at radius 1 is 1.50 bits per heavy atom. The number of nitrogens with zero attached hydrogens (tertiary/aromatic N) is 2. The fourth-order valence-electron chi connectivity index (χ4n) is 1.80. The molecule has 0 radical (unpaired) electrons. The van der Waals surface area contributed by atoms with Gasteiger partial charge in [-0.2, -0.15) is 0 Å². The largest absolute Gasteiger partial charge is 0.395 e. The van der Waals surface area contributed by atoms with Crippen LogP contribution in [-0.2, 0) is 0 Å². The predicted molar refractivity (Wildman–Crippen MR) is 73.6 cm³/mol. The van der Waals surface area contributed by atoms with Crippen LogP contribution >= 0.6 is 11.3 Å². The normalized spacial score (nSPS) is 12.6. The van der Waals surface area contributed by atoms with Gasteiger partial charge in [0.25, 0.3) is 0 Å². The standard InChI is InChI=1S/C13H17N3OS/c1-9(15-6-7-17)12-10(2)16-13(18-12)11-4-3-5-14-8-11/h3-5,8-9,15,17H,6-7H2,1-2H3/t9-/m1/s1. The number of aliphatic hydroxyl groups is 1. The molecule has 2 heterocycles. The van der Waals surface area contributed by atoms with Crippen molar-refractivity contribution in [3.63, 3.8) is 0 Å². The maximum atomic E-state index is 8.83. The fraction of sp³-hybridized carbons (Fsp3) is 0.385. The molecule has 0 saturated carbocycles. The molecule has 0 saturated heterocycles. The average Bonchev–Trinajstić information content (AvgIpc) is 2.79. The van der Waals surface area contributed by atoms with Crippen molar-refractivity contribution in [3.8, 4) is 10.6 Å². The zero-order chi connectivity index (χ0) is 13.0. The van der Waals surface area contributed by atoms with Gasteiger partial charge in [0.05, 0.1) is 12.3 Å². The maximum Gasteiger partial charge on any atom is 0.125 e. The van der Waals surface area contributed by atoms with E-state index >= 15 is 0 Å². The van der Waals surface area contributed by atoms with Crippen LogP contribution in [0.3, 0.4) is 0 Å². The minimum atomic E-state index is 0.150. The number of pyridine rings is 1. The van der Waals surface area contributed by atoms with Crippen LogP contribution in [0.4, 0.5) is 0 Å². The van der Waals surface area contributed by atoms with Crippen LogP contribution < -0.4 is 5.32 Å². The van der Waals surface area contributed by atoms with E-state index in [0.29, 0.717) is 6.54 Å². The lowest BCUT2D eigenvalue weighted by Crippen LogP contribution is -2.21. The number of thiazole rings is 1. The molecular weight excluding hydrogens is 246 g/mol. The second kappa shape index (κ2) is 6.04. The second-order valence-electron chi connectivity index (χ2n) is 4.11. The summed E-state index contributed by atoms with van der Waals surface area (Å²) in [5, 5.41) is 13.1. The minimum absolute atomic E-state index is 0.150. The molecule has 0 spiro atoms. The fourth-order valence-corrected chi connectivity index (χ4v) is 2.88. The van der Waals surface area contributed by atoms with Gasteiger partial charge in [0.2, 0.25) is 0 Å². The van der Waals surface area contributed by atoms with E-state index in [0.717, 1.165) is 16.3 Å². The van der Waals surface area contributed by atoms with Crippen molar-refractivity contribution in [2.75, 3.05) is 13.2 Å². The van der Waals surface area contributed by atoms with E-state index in [9.17, 15) is 0 Å². The Bertz CT molecular complexity index is 498. The van der Waals surface area contributed by atoms with Gasteiger partial charge >= 0.3 is 0 Å². The SMILES string of the molecule is Cc1nc(-c2cccnc2)sc1[C@@H](C)NCCO. The molecule has 0 amide bonds. The van der Waals surface area contributed by atoms with Crippen molar-refractivity contribution in [1.82, 2.24) is 15.3 Å². The van der Waals surface area contributed by atoms with Crippen LogP contribution in [0.5, 0.6) is 0 Å². The molecule has 0 aromatic carbocycles. The van der Waals surface area contributed by atoms with Gasteiger partial charge in [-0.25, -0.2) is 4.98 Å². The number of rotatable bonds is 5. The molecule has 0 aliphatic heterocycles.